The van der Waals surface area contributed by atoms with Crippen molar-refractivity contribution in [3.8, 4) is 0 Å². The van der Waals surface area contributed by atoms with Gasteiger partial charge in [-0.15, -0.1) is 11.3 Å². The van der Waals surface area contributed by atoms with Crippen molar-refractivity contribution in [1.82, 2.24) is 10.3 Å². The highest BCUT2D eigenvalue weighted by molar-refractivity contribution is 7.11. The van der Waals surface area contributed by atoms with Crippen LogP contribution in [0.5, 0.6) is 0 Å². The fourth-order valence-corrected chi connectivity index (χ4v) is 4.14. The summed E-state index contributed by atoms with van der Waals surface area (Å²) >= 11 is 1.90. The monoisotopic (exact) mass is 294 g/mol. The lowest BCUT2D eigenvalue weighted by molar-refractivity contribution is 0.213. The number of aryl methyl sites for hydroxylation is 2. The van der Waals surface area contributed by atoms with Crippen LogP contribution in [0.1, 0.15) is 62.0 Å². The lowest BCUT2D eigenvalue weighted by atomic mass is 9.77. The zero-order valence-corrected chi connectivity index (χ0v) is 14.6. The molecular weight excluding hydrogens is 264 g/mol. The molecule has 2 unspecified atom stereocenters. The average Bonchev–Trinajstić information content (AvgIpc) is 2.66. The molecule has 1 aromatic rings. The standard InChI is InChI=1S/C17H30N2S/c1-12-13(2)20-16(19-12)10-14-8-6-7-9-15(14)11-18-17(3,4)5/h14-15,18H,6-11H2,1-5H3. The Morgan fingerprint density at radius 3 is 2.35 bits per heavy atom. The zero-order chi connectivity index (χ0) is 14.8. The first-order valence-corrected chi connectivity index (χ1v) is 8.85. The van der Waals surface area contributed by atoms with Crippen LogP contribution in [0.25, 0.3) is 0 Å². The van der Waals surface area contributed by atoms with Crippen LogP contribution in [0, 0.1) is 25.7 Å². The maximum atomic E-state index is 4.75. The van der Waals surface area contributed by atoms with Crippen LogP contribution in [0.4, 0.5) is 0 Å². The fraction of sp³-hybridized carbons (Fsp3) is 0.824. The molecule has 0 aromatic carbocycles. The number of aromatic nitrogens is 1. The molecule has 20 heavy (non-hydrogen) atoms. The van der Waals surface area contributed by atoms with Crippen LogP contribution < -0.4 is 5.32 Å². The Labute approximate surface area is 128 Å². The van der Waals surface area contributed by atoms with Gasteiger partial charge in [0.05, 0.1) is 10.7 Å². The van der Waals surface area contributed by atoms with Crippen LogP contribution in [0.15, 0.2) is 0 Å². The third-order valence-electron chi connectivity index (χ3n) is 4.47. The van der Waals surface area contributed by atoms with Crippen molar-refractivity contribution >= 4 is 11.3 Å². The molecule has 1 aliphatic rings. The lowest BCUT2D eigenvalue weighted by Crippen LogP contribution is -2.41. The van der Waals surface area contributed by atoms with E-state index in [9.17, 15) is 0 Å². The van der Waals surface area contributed by atoms with Gasteiger partial charge in [-0.25, -0.2) is 4.98 Å². The number of thiazole rings is 1. The van der Waals surface area contributed by atoms with Gasteiger partial charge in [0.25, 0.3) is 0 Å². The van der Waals surface area contributed by atoms with E-state index in [4.69, 9.17) is 4.98 Å². The van der Waals surface area contributed by atoms with Gasteiger partial charge in [-0.3, -0.25) is 0 Å². The second kappa shape index (κ2) is 6.57. The molecule has 1 aromatic heterocycles. The van der Waals surface area contributed by atoms with Crippen molar-refractivity contribution in [2.45, 2.75) is 72.3 Å². The SMILES string of the molecule is Cc1nc(CC2CCCCC2CNC(C)(C)C)sc1C. The van der Waals surface area contributed by atoms with Crippen molar-refractivity contribution in [2.24, 2.45) is 11.8 Å². The fourth-order valence-electron chi connectivity index (χ4n) is 3.11. The predicted octanol–water partition coefficient (Wildman–Crippen LogP) is 4.50. The summed E-state index contributed by atoms with van der Waals surface area (Å²) < 4.78 is 0. The summed E-state index contributed by atoms with van der Waals surface area (Å²) in [5, 5.41) is 5.06. The molecule has 1 saturated carbocycles. The summed E-state index contributed by atoms with van der Waals surface area (Å²) in [4.78, 5) is 6.13. The number of hydrogen-bond acceptors (Lipinski definition) is 3. The minimum Gasteiger partial charge on any atom is -0.312 e. The molecule has 1 fully saturated rings. The van der Waals surface area contributed by atoms with Crippen LogP contribution in [-0.2, 0) is 6.42 Å². The van der Waals surface area contributed by atoms with Crippen molar-refractivity contribution < 1.29 is 0 Å². The normalized spacial score (nSPS) is 24.1. The van der Waals surface area contributed by atoms with E-state index in [1.165, 1.54) is 47.7 Å². The van der Waals surface area contributed by atoms with Crippen LogP contribution >= 0.6 is 11.3 Å². The third kappa shape index (κ3) is 4.56. The highest BCUT2D eigenvalue weighted by Gasteiger charge is 2.27. The first-order valence-electron chi connectivity index (χ1n) is 8.03. The zero-order valence-electron chi connectivity index (χ0n) is 13.8. The van der Waals surface area contributed by atoms with E-state index >= 15 is 0 Å². The smallest absolute Gasteiger partial charge is 0.0933 e. The van der Waals surface area contributed by atoms with Gasteiger partial charge in [0.1, 0.15) is 0 Å². The molecule has 2 nitrogen and oxygen atoms in total. The minimum atomic E-state index is 0.232. The molecule has 1 N–H and O–H groups in total. The van der Waals surface area contributed by atoms with Gasteiger partial charge in [-0.2, -0.15) is 0 Å². The molecule has 0 amide bonds. The number of rotatable bonds is 4. The Bertz CT molecular complexity index is 411. The molecule has 2 atom stereocenters. The highest BCUT2D eigenvalue weighted by atomic mass is 32.1. The highest BCUT2D eigenvalue weighted by Crippen LogP contribution is 2.33. The third-order valence-corrected chi connectivity index (χ3v) is 5.57. The Morgan fingerprint density at radius 1 is 1.15 bits per heavy atom. The first kappa shape index (κ1) is 16.0. The van der Waals surface area contributed by atoms with Gasteiger partial charge in [-0.05, 0) is 65.8 Å². The summed E-state index contributed by atoms with van der Waals surface area (Å²) in [5.41, 5.74) is 1.46. The lowest BCUT2D eigenvalue weighted by Gasteiger charge is -2.34. The second-order valence-electron chi connectivity index (χ2n) is 7.39. The van der Waals surface area contributed by atoms with Gasteiger partial charge >= 0.3 is 0 Å². The quantitative estimate of drug-likeness (QED) is 0.884. The second-order valence-corrected chi connectivity index (χ2v) is 8.68. The maximum absolute atomic E-state index is 4.75. The van der Waals surface area contributed by atoms with E-state index in [2.05, 4.69) is 39.9 Å². The summed E-state index contributed by atoms with van der Waals surface area (Å²) in [7, 11) is 0. The molecule has 0 aliphatic heterocycles. The van der Waals surface area contributed by atoms with E-state index in [-0.39, 0.29) is 5.54 Å². The van der Waals surface area contributed by atoms with Gasteiger partial charge < -0.3 is 5.32 Å². The molecular formula is C17H30N2S. The summed E-state index contributed by atoms with van der Waals surface area (Å²) in [5.74, 6) is 1.65. The van der Waals surface area contributed by atoms with E-state index in [1.54, 1.807) is 0 Å². The van der Waals surface area contributed by atoms with Crippen LogP contribution in [0.2, 0.25) is 0 Å². The molecule has 1 aliphatic carbocycles. The van der Waals surface area contributed by atoms with Crippen molar-refractivity contribution in [3.63, 3.8) is 0 Å². The molecule has 2 rings (SSSR count). The van der Waals surface area contributed by atoms with Crippen LogP contribution in [-0.4, -0.2) is 17.1 Å². The van der Waals surface area contributed by atoms with Gasteiger partial charge in [0, 0.05) is 16.8 Å². The first-order chi connectivity index (χ1) is 9.35. The molecule has 0 radical (unpaired) electrons. The number of nitrogens with zero attached hydrogens (tertiary/aromatic N) is 1. The molecule has 0 saturated heterocycles. The molecule has 3 heteroatoms. The van der Waals surface area contributed by atoms with Crippen molar-refractivity contribution in [2.75, 3.05) is 6.54 Å². The van der Waals surface area contributed by atoms with Crippen molar-refractivity contribution in [1.29, 1.82) is 0 Å². The summed E-state index contributed by atoms with van der Waals surface area (Å²) in [6.45, 7) is 12.3. The van der Waals surface area contributed by atoms with Gasteiger partial charge in [-0.1, -0.05) is 12.8 Å². The van der Waals surface area contributed by atoms with E-state index in [1.807, 2.05) is 11.3 Å². The largest absolute Gasteiger partial charge is 0.312 e. The van der Waals surface area contributed by atoms with Crippen molar-refractivity contribution in [3.05, 3.63) is 15.6 Å². The maximum Gasteiger partial charge on any atom is 0.0933 e. The Morgan fingerprint density at radius 2 is 1.80 bits per heavy atom. The molecule has 0 spiro atoms. The van der Waals surface area contributed by atoms with Crippen LogP contribution in [0.3, 0.4) is 0 Å². The topological polar surface area (TPSA) is 24.9 Å². The van der Waals surface area contributed by atoms with Gasteiger partial charge in [0.15, 0.2) is 0 Å². The number of nitrogens with one attached hydrogen (secondary N) is 1. The van der Waals surface area contributed by atoms with E-state index in [0.717, 1.165) is 18.4 Å². The molecule has 1 heterocycles. The van der Waals surface area contributed by atoms with Gasteiger partial charge in [0.2, 0.25) is 0 Å². The summed E-state index contributed by atoms with van der Waals surface area (Å²) in [6, 6.07) is 0. The predicted molar refractivity (Wildman–Crippen MR) is 88.5 cm³/mol. The Kier molecular flexibility index (Phi) is 5.25. The van der Waals surface area contributed by atoms with E-state index < -0.39 is 0 Å². The number of hydrogen-bond donors (Lipinski definition) is 1. The average molecular weight is 295 g/mol. The Hall–Kier alpha value is -0.410. The molecule has 0 bridgehead atoms. The minimum absolute atomic E-state index is 0.232. The Balaban J connectivity index is 1.96. The summed E-state index contributed by atoms with van der Waals surface area (Å²) in [6.07, 6.45) is 6.77. The molecule has 114 valence electrons. The van der Waals surface area contributed by atoms with E-state index in [0.29, 0.717) is 0 Å².